The van der Waals surface area contributed by atoms with E-state index in [2.05, 4.69) is 17.1 Å². The topological polar surface area (TPSA) is 129 Å². The van der Waals surface area contributed by atoms with Gasteiger partial charge < -0.3 is 25.2 Å². The standard InChI is InChI=1S/C35H48N6O5/c1-23(2)31(24(3)4)46-35(45)40-18-16-39(17-19-40)34(44)41-30(28(32(41)42)21-27-10-13-37-29(36)22-27)33(43)38-14-11-26(12-15-38)20-25-8-6-5-7-9-25/h5-10,13,22-24,26,28,30-31H,11-12,14-21H2,1-4H3,(H2,36,37)/t28-,30+/m1/s1. The number of carbonyl (C=O) groups excluding carboxylic acids is 4. The second-order valence-corrected chi connectivity index (χ2v) is 13.6. The smallest absolute Gasteiger partial charge is 0.410 e. The van der Waals surface area contributed by atoms with E-state index in [1.807, 2.05) is 50.8 Å². The van der Waals surface area contributed by atoms with Gasteiger partial charge in [0.05, 0.1) is 5.92 Å². The molecule has 0 spiro atoms. The molecular weight excluding hydrogens is 584 g/mol. The fourth-order valence-corrected chi connectivity index (χ4v) is 7.08. The van der Waals surface area contributed by atoms with Gasteiger partial charge in [-0.2, -0.15) is 0 Å². The summed E-state index contributed by atoms with van der Waals surface area (Å²) in [5, 5.41) is 0. The molecule has 0 unspecified atom stereocenters. The number of nitrogens with zero attached hydrogens (tertiary/aromatic N) is 5. The van der Waals surface area contributed by atoms with Crippen LogP contribution in [0.3, 0.4) is 0 Å². The Morgan fingerprint density at radius 2 is 1.48 bits per heavy atom. The van der Waals surface area contributed by atoms with Gasteiger partial charge in [-0.05, 0) is 66.7 Å². The summed E-state index contributed by atoms with van der Waals surface area (Å²) in [5.41, 5.74) is 7.98. The van der Waals surface area contributed by atoms with Crippen molar-refractivity contribution in [2.45, 2.75) is 65.5 Å². The molecule has 2 aromatic rings. The van der Waals surface area contributed by atoms with Gasteiger partial charge in [-0.15, -0.1) is 0 Å². The third-order valence-corrected chi connectivity index (χ3v) is 9.63. The molecule has 11 heteroatoms. The molecule has 1 aromatic heterocycles. The van der Waals surface area contributed by atoms with Gasteiger partial charge in [-0.3, -0.25) is 14.5 Å². The fraction of sp³-hybridized carbons (Fsp3) is 0.571. The minimum atomic E-state index is -0.888. The Labute approximate surface area is 272 Å². The van der Waals surface area contributed by atoms with Crippen molar-refractivity contribution in [1.29, 1.82) is 0 Å². The molecule has 3 fully saturated rings. The third-order valence-electron chi connectivity index (χ3n) is 9.63. The Bertz CT molecular complexity index is 1380. The average molecular weight is 633 g/mol. The summed E-state index contributed by atoms with van der Waals surface area (Å²) in [6, 6.07) is 12.5. The van der Waals surface area contributed by atoms with Crippen LogP contribution < -0.4 is 5.73 Å². The molecule has 0 bridgehead atoms. The number of pyridine rings is 1. The zero-order valence-electron chi connectivity index (χ0n) is 27.5. The van der Waals surface area contributed by atoms with E-state index in [0.717, 1.165) is 29.7 Å². The number of hydrogen-bond donors (Lipinski definition) is 1. The van der Waals surface area contributed by atoms with Gasteiger partial charge in [0.2, 0.25) is 11.8 Å². The molecule has 3 aliphatic heterocycles. The number of rotatable bonds is 8. The summed E-state index contributed by atoms with van der Waals surface area (Å²) < 4.78 is 5.80. The summed E-state index contributed by atoms with van der Waals surface area (Å²) in [5.74, 6) is -0.0346. The number of likely N-dealkylation sites (tertiary alicyclic amines) is 2. The molecule has 2 atom stereocenters. The monoisotopic (exact) mass is 632 g/mol. The SMILES string of the molecule is CC(C)C(OC(=O)N1CCN(C(=O)N2C(=O)[C@H](Cc3ccnc(N)c3)[C@H]2C(=O)N2CCC(Cc3ccccc3)CC2)CC1)C(C)C. The van der Waals surface area contributed by atoms with Crippen LogP contribution in [0.2, 0.25) is 0 Å². The number of nitrogens with two attached hydrogens (primary N) is 1. The molecule has 46 heavy (non-hydrogen) atoms. The van der Waals surface area contributed by atoms with Crippen molar-refractivity contribution >= 4 is 29.8 Å². The zero-order valence-corrected chi connectivity index (χ0v) is 27.5. The number of imide groups is 1. The van der Waals surface area contributed by atoms with Crippen molar-refractivity contribution in [3.63, 3.8) is 0 Å². The van der Waals surface area contributed by atoms with Gasteiger partial charge in [0.25, 0.3) is 0 Å². The van der Waals surface area contributed by atoms with Gasteiger partial charge in [0.15, 0.2) is 0 Å². The highest BCUT2D eigenvalue weighted by Gasteiger charge is 2.56. The molecule has 5 amide bonds. The predicted molar refractivity (Wildman–Crippen MR) is 174 cm³/mol. The van der Waals surface area contributed by atoms with E-state index in [1.54, 1.807) is 28.1 Å². The van der Waals surface area contributed by atoms with Crippen LogP contribution in [0.4, 0.5) is 15.4 Å². The lowest BCUT2D eigenvalue weighted by Gasteiger charge is -2.49. The third kappa shape index (κ3) is 7.45. The van der Waals surface area contributed by atoms with Crippen LogP contribution >= 0.6 is 0 Å². The fourth-order valence-electron chi connectivity index (χ4n) is 7.08. The number of piperazine rings is 1. The number of anilines is 1. The van der Waals surface area contributed by atoms with Crippen molar-refractivity contribution in [2.75, 3.05) is 45.0 Å². The molecule has 0 saturated carbocycles. The first-order valence-corrected chi connectivity index (χ1v) is 16.6. The molecular formula is C35H48N6O5. The first-order valence-electron chi connectivity index (χ1n) is 16.6. The van der Waals surface area contributed by atoms with Crippen molar-refractivity contribution < 1.29 is 23.9 Å². The van der Waals surface area contributed by atoms with Crippen LogP contribution in [0, 0.1) is 23.7 Å². The lowest BCUT2D eigenvalue weighted by atomic mass is 9.81. The second kappa shape index (κ2) is 14.5. The van der Waals surface area contributed by atoms with E-state index >= 15 is 0 Å². The number of benzene rings is 1. The lowest BCUT2D eigenvalue weighted by molar-refractivity contribution is -0.163. The maximum Gasteiger partial charge on any atom is 0.410 e. The maximum absolute atomic E-state index is 14.1. The highest BCUT2D eigenvalue weighted by molar-refractivity contribution is 6.09. The Morgan fingerprint density at radius 3 is 2.09 bits per heavy atom. The molecule has 3 aliphatic rings. The summed E-state index contributed by atoms with van der Waals surface area (Å²) in [4.78, 5) is 64.6. The first kappa shape index (κ1) is 33.2. The molecule has 0 aliphatic carbocycles. The molecule has 11 nitrogen and oxygen atoms in total. The summed E-state index contributed by atoms with van der Waals surface area (Å²) >= 11 is 0. The van der Waals surface area contributed by atoms with Crippen molar-refractivity contribution in [2.24, 2.45) is 23.7 Å². The summed E-state index contributed by atoms with van der Waals surface area (Å²) in [6.07, 6.45) is 3.99. The van der Waals surface area contributed by atoms with Crippen molar-refractivity contribution in [3.05, 3.63) is 59.8 Å². The van der Waals surface area contributed by atoms with Crippen LogP contribution in [-0.4, -0.2) is 99.9 Å². The van der Waals surface area contributed by atoms with E-state index < -0.39 is 18.0 Å². The Hall–Kier alpha value is -4.15. The van der Waals surface area contributed by atoms with E-state index in [-0.39, 0.29) is 48.9 Å². The number of amides is 5. The van der Waals surface area contributed by atoms with Gasteiger partial charge >= 0.3 is 12.1 Å². The number of ether oxygens (including phenoxy) is 1. The molecule has 5 rings (SSSR count). The quantitative estimate of drug-likeness (QED) is 0.435. The zero-order chi connectivity index (χ0) is 33.0. The minimum Gasteiger partial charge on any atom is -0.446 e. The summed E-state index contributed by atoms with van der Waals surface area (Å²) in [6.45, 7) is 10.4. The maximum atomic E-state index is 14.1. The molecule has 2 N–H and O–H groups in total. The van der Waals surface area contributed by atoms with Crippen LogP contribution in [0.15, 0.2) is 48.7 Å². The summed E-state index contributed by atoms with van der Waals surface area (Å²) in [7, 11) is 0. The van der Waals surface area contributed by atoms with Crippen LogP contribution in [0.25, 0.3) is 0 Å². The molecule has 248 valence electrons. The normalized spacial score (nSPS) is 20.8. The van der Waals surface area contributed by atoms with Crippen molar-refractivity contribution in [3.8, 4) is 0 Å². The number of urea groups is 1. The average Bonchev–Trinajstić information content (AvgIpc) is 3.05. The largest absolute Gasteiger partial charge is 0.446 e. The number of β-lactam (4-membered cyclic amide) rings is 1. The van der Waals surface area contributed by atoms with E-state index in [9.17, 15) is 19.2 Å². The van der Waals surface area contributed by atoms with Gasteiger partial charge in [0, 0.05) is 45.5 Å². The lowest BCUT2D eigenvalue weighted by Crippen LogP contribution is -2.72. The van der Waals surface area contributed by atoms with Crippen LogP contribution in [0.1, 0.15) is 51.7 Å². The Morgan fingerprint density at radius 1 is 0.848 bits per heavy atom. The van der Waals surface area contributed by atoms with E-state index in [1.165, 1.54) is 5.56 Å². The molecule has 3 saturated heterocycles. The predicted octanol–water partition coefficient (Wildman–Crippen LogP) is 4.07. The number of nitrogen functional groups attached to an aromatic ring is 1. The highest BCUT2D eigenvalue weighted by Crippen LogP contribution is 2.34. The Balaban J connectivity index is 1.24. The molecule has 4 heterocycles. The molecule has 1 aromatic carbocycles. The number of carbonyl (C=O) groups is 4. The minimum absolute atomic E-state index is 0.185. The van der Waals surface area contributed by atoms with Gasteiger partial charge in [-0.25, -0.2) is 14.6 Å². The Kier molecular flexibility index (Phi) is 10.5. The van der Waals surface area contributed by atoms with Gasteiger partial charge in [0.1, 0.15) is 18.0 Å². The van der Waals surface area contributed by atoms with Crippen LogP contribution in [0.5, 0.6) is 0 Å². The number of hydrogen-bond acceptors (Lipinski definition) is 7. The van der Waals surface area contributed by atoms with Gasteiger partial charge in [-0.1, -0.05) is 58.0 Å². The number of piperidine rings is 1. The van der Waals surface area contributed by atoms with E-state index in [0.29, 0.717) is 44.3 Å². The first-order chi connectivity index (χ1) is 22.0. The number of aromatic nitrogens is 1. The van der Waals surface area contributed by atoms with Crippen LogP contribution in [-0.2, 0) is 27.2 Å². The van der Waals surface area contributed by atoms with E-state index in [4.69, 9.17) is 10.5 Å². The van der Waals surface area contributed by atoms with Crippen molar-refractivity contribution in [1.82, 2.24) is 24.6 Å². The highest BCUT2D eigenvalue weighted by atomic mass is 16.6. The second-order valence-electron chi connectivity index (χ2n) is 13.6. The molecule has 0 radical (unpaired) electrons.